The molecule has 1 heterocycles. The summed E-state index contributed by atoms with van der Waals surface area (Å²) in [6, 6.07) is 14.1. The minimum Gasteiger partial charge on any atom is -0.393 e. The number of benzene rings is 2. The van der Waals surface area contributed by atoms with Gasteiger partial charge >= 0.3 is 0 Å². The van der Waals surface area contributed by atoms with Crippen LogP contribution in [0.1, 0.15) is 43.7 Å². The lowest BCUT2D eigenvalue weighted by molar-refractivity contribution is -0.0821. The Labute approximate surface area is 184 Å². The molecule has 0 bridgehead atoms. The number of fused-ring (bicyclic) bond motifs is 1. The summed E-state index contributed by atoms with van der Waals surface area (Å²) >= 11 is 6.15. The van der Waals surface area contributed by atoms with E-state index in [1.807, 2.05) is 59.1 Å². The largest absolute Gasteiger partial charge is 0.393 e. The molecule has 0 aliphatic heterocycles. The number of aliphatic hydroxyl groups is 1. The van der Waals surface area contributed by atoms with Crippen LogP contribution in [-0.4, -0.2) is 41.3 Å². The zero-order valence-electron chi connectivity index (χ0n) is 18.7. The lowest BCUT2D eigenvalue weighted by Crippen LogP contribution is -2.25. The molecule has 1 unspecified atom stereocenters. The molecule has 1 aromatic heterocycles. The Balaban J connectivity index is 2.29. The standard InChI is InChI=1S/C25H31ClN2O2/c1-16-13-21-20(12-11-19(27-21)14-28(5)6)24(17-7-9-18(26)10-8-17)23(16)22(15-29)30-25(2,3)4/h7-13,22,29H,14-15H2,1-6H3. The van der Waals surface area contributed by atoms with Crippen LogP contribution >= 0.6 is 11.6 Å². The van der Waals surface area contributed by atoms with Crippen molar-refractivity contribution in [3.05, 3.63) is 64.3 Å². The molecule has 0 amide bonds. The number of halogens is 1. The van der Waals surface area contributed by atoms with Gasteiger partial charge in [0.15, 0.2) is 0 Å². The van der Waals surface area contributed by atoms with Gasteiger partial charge in [-0.05, 0) is 88.3 Å². The average molecular weight is 427 g/mol. The molecule has 1 N–H and O–H groups in total. The maximum Gasteiger partial charge on any atom is 0.107 e. The maximum absolute atomic E-state index is 10.2. The van der Waals surface area contributed by atoms with Gasteiger partial charge in [-0.3, -0.25) is 4.98 Å². The summed E-state index contributed by atoms with van der Waals surface area (Å²) < 4.78 is 6.26. The predicted molar refractivity (Wildman–Crippen MR) is 125 cm³/mol. The molecule has 3 aromatic rings. The van der Waals surface area contributed by atoms with Crippen LogP contribution in [0.25, 0.3) is 22.0 Å². The first-order valence-electron chi connectivity index (χ1n) is 10.2. The number of pyridine rings is 1. The fourth-order valence-electron chi connectivity index (χ4n) is 3.83. The van der Waals surface area contributed by atoms with Gasteiger partial charge in [-0.25, -0.2) is 0 Å². The van der Waals surface area contributed by atoms with Crippen LogP contribution in [0.2, 0.25) is 5.02 Å². The molecule has 30 heavy (non-hydrogen) atoms. The summed E-state index contributed by atoms with van der Waals surface area (Å²) in [6.45, 7) is 8.74. The van der Waals surface area contributed by atoms with Gasteiger partial charge in [-0.15, -0.1) is 0 Å². The van der Waals surface area contributed by atoms with Crippen molar-refractivity contribution in [3.8, 4) is 11.1 Å². The molecule has 0 fully saturated rings. The molecule has 160 valence electrons. The molecule has 5 heteroatoms. The van der Waals surface area contributed by atoms with Gasteiger partial charge in [0, 0.05) is 17.0 Å². The topological polar surface area (TPSA) is 45.6 Å². The summed E-state index contributed by atoms with van der Waals surface area (Å²) in [6.07, 6.45) is -0.443. The molecular weight excluding hydrogens is 396 g/mol. The van der Waals surface area contributed by atoms with Crippen LogP contribution in [0.5, 0.6) is 0 Å². The number of rotatable bonds is 6. The molecule has 0 aliphatic carbocycles. The van der Waals surface area contributed by atoms with Gasteiger partial charge in [-0.2, -0.15) is 0 Å². The quantitative estimate of drug-likeness (QED) is 0.543. The molecular formula is C25H31ClN2O2. The van der Waals surface area contributed by atoms with E-state index in [9.17, 15) is 5.11 Å². The first-order valence-corrected chi connectivity index (χ1v) is 10.6. The Bertz CT molecular complexity index is 1020. The summed E-state index contributed by atoms with van der Waals surface area (Å²) in [5.41, 5.74) is 5.67. The molecule has 4 nitrogen and oxygen atoms in total. The van der Waals surface area contributed by atoms with Gasteiger partial charge < -0.3 is 14.7 Å². The Morgan fingerprint density at radius 3 is 2.33 bits per heavy atom. The molecule has 0 aliphatic rings. The van der Waals surface area contributed by atoms with Crippen LogP contribution in [0.15, 0.2) is 42.5 Å². The second-order valence-electron chi connectivity index (χ2n) is 9.00. The van der Waals surface area contributed by atoms with Crippen LogP contribution in [0, 0.1) is 6.92 Å². The van der Waals surface area contributed by atoms with E-state index in [-0.39, 0.29) is 12.2 Å². The number of aliphatic hydroxyl groups excluding tert-OH is 1. The fourth-order valence-corrected chi connectivity index (χ4v) is 3.96. The lowest BCUT2D eigenvalue weighted by atomic mass is 9.88. The third-order valence-electron chi connectivity index (χ3n) is 4.89. The first kappa shape index (κ1) is 22.7. The first-order chi connectivity index (χ1) is 14.1. The molecule has 0 saturated carbocycles. The van der Waals surface area contributed by atoms with Crippen molar-refractivity contribution in [2.75, 3.05) is 20.7 Å². The highest BCUT2D eigenvalue weighted by atomic mass is 35.5. The van der Waals surface area contributed by atoms with Crippen molar-refractivity contribution in [2.24, 2.45) is 0 Å². The average Bonchev–Trinajstić information content (AvgIpc) is 2.64. The van der Waals surface area contributed by atoms with Gasteiger partial charge in [0.1, 0.15) is 6.10 Å². The third-order valence-corrected chi connectivity index (χ3v) is 5.15. The summed E-state index contributed by atoms with van der Waals surface area (Å²) in [5.74, 6) is 0. The van der Waals surface area contributed by atoms with E-state index in [2.05, 4.69) is 30.0 Å². The van der Waals surface area contributed by atoms with Gasteiger partial charge in [0.05, 0.1) is 23.4 Å². The number of ether oxygens (including phenoxy) is 1. The van der Waals surface area contributed by atoms with Crippen molar-refractivity contribution in [1.82, 2.24) is 9.88 Å². The zero-order valence-corrected chi connectivity index (χ0v) is 19.4. The Kier molecular flexibility index (Phi) is 6.83. The Morgan fingerprint density at radius 2 is 1.77 bits per heavy atom. The molecule has 3 rings (SSSR count). The minimum atomic E-state index is -0.443. The number of hydrogen-bond donors (Lipinski definition) is 1. The van der Waals surface area contributed by atoms with Crippen molar-refractivity contribution >= 4 is 22.5 Å². The van der Waals surface area contributed by atoms with Gasteiger partial charge in [0.2, 0.25) is 0 Å². The van der Waals surface area contributed by atoms with Crippen molar-refractivity contribution < 1.29 is 9.84 Å². The van der Waals surface area contributed by atoms with Crippen molar-refractivity contribution in [3.63, 3.8) is 0 Å². The van der Waals surface area contributed by atoms with Gasteiger partial charge in [-0.1, -0.05) is 29.8 Å². The molecule has 0 radical (unpaired) electrons. The normalized spacial score (nSPS) is 13.2. The highest BCUT2D eigenvalue weighted by Crippen LogP contribution is 2.40. The van der Waals surface area contributed by atoms with Gasteiger partial charge in [0.25, 0.3) is 0 Å². The summed E-state index contributed by atoms with van der Waals surface area (Å²) in [7, 11) is 4.07. The fraction of sp³-hybridized carbons (Fsp3) is 0.400. The van der Waals surface area contributed by atoms with E-state index < -0.39 is 6.10 Å². The second kappa shape index (κ2) is 9.03. The van der Waals surface area contributed by atoms with Crippen LogP contribution < -0.4 is 0 Å². The molecule has 0 spiro atoms. The third kappa shape index (κ3) is 5.19. The minimum absolute atomic E-state index is 0.101. The summed E-state index contributed by atoms with van der Waals surface area (Å²) in [5, 5.41) is 12.0. The van der Waals surface area contributed by atoms with E-state index in [1.165, 1.54) is 0 Å². The van der Waals surface area contributed by atoms with Crippen LogP contribution in [0.3, 0.4) is 0 Å². The molecule has 1 atom stereocenters. The number of aryl methyl sites for hydroxylation is 1. The maximum atomic E-state index is 10.2. The van der Waals surface area contributed by atoms with Crippen molar-refractivity contribution in [1.29, 1.82) is 0 Å². The van der Waals surface area contributed by atoms with E-state index in [0.29, 0.717) is 5.02 Å². The van der Waals surface area contributed by atoms with E-state index in [4.69, 9.17) is 21.3 Å². The highest BCUT2D eigenvalue weighted by Gasteiger charge is 2.26. The second-order valence-corrected chi connectivity index (χ2v) is 9.43. The lowest BCUT2D eigenvalue weighted by Gasteiger charge is -2.30. The van der Waals surface area contributed by atoms with Crippen LogP contribution in [-0.2, 0) is 11.3 Å². The highest BCUT2D eigenvalue weighted by molar-refractivity contribution is 6.30. The van der Waals surface area contributed by atoms with E-state index >= 15 is 0 Å². The smallest absolute Gasteiger partial charge is 0.107 e. The number of aromatic nitrogens is 1. The number of nitrogens with zero attached hydrogens (tertiary/aromatic N) is 2. The number of hydrogen-bond acceptors (Lipinski definition) is 4. The zero-order chi connectivity index (χ0) is 22.1. The SMILES string of the molecule is Cc1cc2nc(CN(C)C)ccc2c(-c2ccc(Cl)cc2)c1C(CO)OC(C)(C)C. The predicted octanol–water partition coefficient (Wildman–Crippen LogP) is 5.77. The Morgan fingerprint density at radius 1 is 1.10 bits per heavy atom. The molecule has 0 saturated heterocycles. The van der Waals surface area contributed by atoms with E-state index in [1.54, 1.807) is 0 Å². The Hall–Kier alpha value is -1.98. The summed E-state index contributed by atoms with van der Waals surface area (Å²) in [4.78, 5) is 7.02. The van der Waals surface area contributed by atoms with E-state index in [0.717, 1.165) is 45.4 Å². The van der Waals surface area contributed by atoms with Crippen molar-refractivity contribution in [2.45, 2.75) is 45.9 Å². The van der Waals surface area contributed by atoms with Crippen LogP contribution in [0.4, 0.5) is 0 Å². The molecule has 2 aromatic carbocycles. The monoisotopic (exact) mass is 426 g/mol.